The van der Waals surface area contributed by atoms with Crippen LogP contribution in [0.5, 0.6) is 0 Å². The summed E-state index contributed by atoms with van der Waals surface area (Å²) in [7, 11) is -3.87. The number of aromatic nitrogens is 1. The van der Waals surface area contributed by atoms with Gasteiger partial charge in [-0.3, -0.25) is 19.3 Å². The van der Waals surface area contributed by atoms with E-state index in [1.54, 1.807) is 24.4 Å². The first-order chi connectivity index (χ1) is 13.8. The van der Waals surface area contributed by atoms with E-state index in [1.165, 1.54) is 29.2 Å². The summed E-state index contributed by atoms with van der Waals surface area (Å²) in [6, 6.07) is 14.6. The van der Waals surface area contributed by atoms with Crippen molar-refractivity contribution < 1.29 is 23.1 Å². The van der Waals surface area contributed by atoms with E-state index in [0.717, 1.165) is 5.39 Å². The van der Waals surface area contributed by atoms with Crippen LogP contribution in [0.3, 0.4) is 0 Å². The van der Waals surface area contributed by atoms with E-state index in [4.69, 9.17) is 5.11 Å². The molecular formula is C20H17N3O5S. The fourth-order valence-corrected chi connectivity index (χ4v) is 4.38. The SMILES string of the molecule is O=C(O)[C@@H]1CC(=O)N(c2ccc(S(=O)(=O)Nc3cccc4cccnc34)cc2)C1. The number of carbonyl (C=O) groups is 2. The number of anilines is 2. The maximum absolute atomic E-state index is 12.8. The molecule has 0 radical (unpaired) electrons. The van der Waals surface area contributed by atoms with Gasteiger partial charge in [-0.25, -0.2) is 8.42 Å². The molecule has 148 valence electrons. The zero-order valence-corrected chi connectivity index (χ0v) is 16.0. The third-order valence-corrected chi connectivity index (χ3v) is 6.19. The molecule has 29 heavy (non-hydrogen) atoms. The van der Waals surface area contributed by atoms with Crippen LogP contribution in [0.15, 0.2) is 65.7 Å². The number of carboxylic acids is 1. The van der Waals surface area contributed by atoms with Gasteiger partial charge in [-0.15, -0.1) is 0 Å². The summed E-state index contributed by atoms with van der Waals surface area (Å²) in [5.74, 6) is -2.08. The molecule has 0 aliphatic carbocycles. The molecule has 1 aliphatic rings. The highest BCUT2D eigenvalue weighted by atomic mass is 32.2. The number of amides is 1. The van der Waals surface area contributed by atoms with Crippen LogP contribution in [-0.4, -0.2) is 36.9 Å². The Kier molecular flexibility index (Phi) is 4.67. The molecule has 0 spiro atoms. The van der Waals surface area contributed by atoms with Gasteiger partial charge in [-0.2, -0.15) is 0 Å². The summed E-state index contributed by atoms with van der Waals surface area (Å²) >= 11 is 0. The van der Waals surface area contributed by atoms with Gasteiger partial charge in [-0.1, -0.05) is 18.2 Å². The van der Waals surface area contributed by atoms with Gasteiger partial charge in [0, 0.05) is 30.2 Å². The summed E-state index contributed by atoms with van der Waals surface area (Å²) in [5.41, 5.74) is 1.37. The molecule has 1 amide bonds. The van der Waals surface area contributed by atoms with E-state index in [2.05, 4.69) is 9.71 Å². The van der Waals surface area contributed by atoms with Crippen molar-refractivity contribution >= 4 is 44.2 Å². The number of hydrogen-bond acceptors (Lipinski definition) is 5. The number of sulfonamides is 1. The molecule has 1 saturated heterocycles. The largest absolute Gasteiger partial charge is 0.481 e. The average Bonchev–Trinajstić information content (AvgIpc) is 3.10. The topological polar surface area (TPSA) is 117 Å². The van der Waals surface area contributed by atoms with Gasteiger partial charge in [0.1, 0.15) is 0 Å². The zero-order chi connectivity index (χ0) is 20.6. The molecule has 2 aromatic carbocycles. The number of rotatable bonds is 5. The first kappa shape index (κ1) is 18.9. The average molecular weight is 411 g/mol. The third kappa shape index (κ3) is 3.64. The van der Waals surface area contributed by atoms with Crippen molar-refractivity contribution in [2.75, 3.05) is 16.2 Å². The van der Waals surface area contributed by atoms with E-state index in [1.807, 2.05) is 12.1 Å². The van der Waals surface area contributed by atoms with E-state index in [9.17, 15) is 18.0 Å². The third-order valence-electron chi connectivity index (χ3n) is 4.81. The van der Waals surface area contributed by atoms with Gasteiger partial charge < -0.3 is 10.0 Å². The van der Waals surface area contributed by atoms with Gasteiger partial charge in [-0.05, 0) is 36.4 Å². The minimum atomic E-state index is -3.87. The number of carbonyl (C=O) groups excluding carboxylic acids is 1. The molecule has 2 N–H and O–H groups in total. The highest BCUT2D eigenvalue weighted by molar-refractivity contribution is 7.92. The molecule has 2 heterocycles. The second kappa shape index (κ2) is 7.17. The Morgan fingerprint density at radius 1 is 1.10 bits per heavy atom. The lowest BCUT2D eigenvalue weighted by atomic mass is 10.1. The molecule has 1 aromatic heterocycles. The molecule has 1 aliphatic heterocycles. The van der Waals surface area contributed by atoms with Crippen LogP contribution in [0.25, 0.3) is 10.9 Å². The highest BCUT2D eigenvalue weighted by Gasteiger charge is 2.35. The first-order valence-electron chi connectivity index (χ1n) is 8.85. The van der Waals surface area contributed by atoms with Crippen molar-refractivity contribution in [1.82, 2.24) is 4.98 Å². The van der Waals surface area contributed by atoms with Gasteiger partial charge in [0.05, 0.1) is 22.0 Å². The number of para-hydroxylation sites is 1. The second-order valence-corrected chi connectivity index (χ2v) is 8.41. The van der Waals surface area contributed by atoms with Gasteiger partial charge in [0.15, 0.2) is 0 Å². The normalized spacial score (nSPS) is 16.9. The molecule has 4 rings (SSSR count). The van der Waals surface area contributed by atoms with Crippen molar-refractivity contribution in [3.63, 3.8) is 0 Å². The molecule has 1 atom stereocenters. The zero-order valence-electron chi connectivity index (χ0n) is 15.1. The Balaban J connectivity index is 1.58. The number of nitrogens with one attached hydrogen (secondary N) is 1. The molecule has 1 fully saturated rings. The Morgan fingerprint density at radius 3 is 2.52 bits per heavy atom. The summed E-state index contributed by atoms with van der Waals surface area (Å²) in [6.07, 6.45) is 1.53. The Bertz CT molecular complexity index is 1200. The Labute approximate surface area is 166 Å². The predicted molar refractivity (Wildman–Crippen MR) is 107 cm³/mol. The molecule has 0 unspecified atom stereocenters. The van der Waals surface area contributed by atoms with Gasteiger partial charge in [0.25, 0.3) is 10.0 Å². The van der Waals surface area contributed by atoms with Gasteiger partial charge in [0.2, 0.25) is 5.91 Å². The quantitative estimate of drug-likeness (QED) is 0.666. The number of aliphatic carboxylic acids is 1. The van der Waals surface area contributed by atoms with E-state index >= 15 is 0 Å². The fraction of sp³-hybridized carbons (Fsp3) is 0.150. The highest BCUT2D eigenvalue weighted by Crippen LogP contribution is 2.28. The minimum Gasteiger partial charge on any atom is -0.481 e. The number of pyridine rings is 1. The van der Waals surface area contributed by atoms with E-state index < -0.39 is 21.9 Å². The van der Waals surface area contributed by atoms with Crippen LogP contribution < -0.4 is 9.62 Å². The number of nitrogens with zero attached hydrogens (tertiary/aromatic N) is 2. The molecule has 3 aromatic rings. The van der Waals surface area contributed by atoms with E-state index in [0.29, 0.717) is 16.9 Å². The van der Waals surface area contributed by atoms with Crippen LogP contribution >= 0.6 is 0 Å². The predicted octanol–water partition coefficient (Wildman–Crippen LogP) is 2.47. The lowest BCUT2D eigenvalue weighted by Crippen LogP contribution is -2.25. The van der Waals surface area contributed by atoms with Crippen LogP contribution in [0.4, 0.5) is 11.4 Å². The standard InChI is InChI=1S/C20H17N3O5S/c24-18-11-14(20(25)26)12-23(18)15-6-8-16(9-7-15)29(27,28)22-17-5-1-3-13-4-2-10-21-19(13)17/h1-10,14,22H,11-12H2,(H,25,26)/t14-/m1/s1. The van der Waals surface area contributed by atoms with Crippen LogP contribution in [0, 0.1) is 5.92 Å². The summed E-state index contributed by atoms with van der Waals surface area (Å²) < 4.78 is 28.1. The van der Waals surface area contributed by atoms with Crippen molar-refractivity contribution in [2.24, 2.45) is 5.92 Å². The van der Waals surface area contributed by atoms with Crippen LogP contribution in [0.2, 0.25) is 0 Å². The monoisotopic (exact) mass is 411 g/mol. The van der Waals surface area contributed by atoms with Crippen molar-refractivity contribution in [1.29, 1.82) is 0 Å². The van der Waals surface area contributed by atoms with E-state index in [-0.39, 0.29) is 23.8 Å². The van der Waals surface area contributed by atoms with Crippen LogP contribution in [0.1, 0.15) is 6.42 Å². The van der Waals surface area contributed by atoms with Crippen molar-refractivity contribution in [3.05, 3.63) is 60.8 Å². The number of benzene rings is 2. The smallest absolute Gasteiger partial charge is 0.308 e. The van der Waals surface area contributed by atoms with Crippen LogP contribution in [-0.2, 0) is 19.6 Å². The summed E-state index contributed by atoms with van der Waals surface area (Å²) in [5, 5.41) is 9.90. The van der Waals surface area contributed by atoms with Crippen molar-refractivity contribution in [3.8, 4) is 0 Å². The van der Waals surface area contributed by atoms with Gasteiger partial charge >= 0.3 is 5.97 Å². The number of fused-ring (bicyclic) bond motifs is 1. The Morgan fingerprint density at radius 2 is 1.83 bits per heavy atom. The second-order valence-electron chi connectivity index (χ2n) is 6.72. The molecule has 8 nitrogen and oxygen atoms in total. The molecule has 9 heteroatoms. The lowest BCUT2D eigenvalue weighted by molar-refractivity contribution is -0.141. The summed E-state index contributed by atoms with van der Waals surface area (Å²) in [6.45, 7) is 0.0696. The fourth-order valence-electron chi connectivity index (χ4n) is 3.32. The molecule has 0 saturated carbocycles. The summed E-state index contributed by atoms with van der Waals surface area (Å²) in [4.78, 5) is 28.8. The Hall–Kier alpha value is -3.46. The maximum Gasteiger partial charge on any atom is 0.308 e. The maximum atomic E-state index is 12.8. The molecular weight excluding hydrogens is 394 g/mol. The van der Waals surface area contributed by atoms with Crippen molar-refractivity contribution in [2.45, 2.75) is 11.3 Å². The lowest BCUT2D eigenvalue weighted by Gasteiger charge is -2.17. The first-order valence-corrected chi connectivity index (χ1v) is 10.3. The number of hydrogen-bond donors (Lipinski definition) is 2. The minimum absolute atomic E-state index is 0.0237. The molecule has 0 bridgehead atoms. The number of carboxylic acid groups (broad SMARTS) is 1.